The van der Waals surface area contributed by atoms with Gasteiger partial charge in [-0.15, -0.1) is 0 Å². The lowest BCUT2D eigenvalue weighted by molar-refractivity contribution is -0.116. The van der Waals surface area contributed by atoms with Gasteiger partial charge in [-0.3, -0.25) is 4.79 Å². The Balaban J connectivity index is 2.76. The van der Waals surface area contributed by atoms with Gasteiger partial charge in [0.05, 0.1) is 5.69 Å². The Kier molecular flexibility index (Phi) is 5.05. The van der Waals surface area contributed by atoms with Crippen LogP contribution in [0.25, 0.3) is 0 Å². The molecule has 1 aromatic rings. The zero-order chi connectivity index (χ0) is 11.4. The van der Waals surface area contributed by atoms with Crippen LogP contribution in [-0.2, 0) is 4.79 Å². The minimum absolute atomic E-state index is 0.0646. The van der Waals surface area contributed by atoms with Gasteiger partial charge < -0.3 is 5.32 Å². The second kappa shape index (κ2) is 5.84. The molecule has 0 saturated carbocycles. The van der Waals surface area contributed by atoms with Gasteiger partial charge in [-0.1, -0.05) is 19.9 Å². The molecule has 0 bridgehead atoms. The third kappa shape index (κ3) is 4.10. The van der Waals surface area contributed by atoms with E-state index >= 15 is 0 Å². The molecule has 1 amide bonds. The molecule has 0 aliphatic rings. The topological polar surface area (TPSA) is 29.1 Å². The zero-order valence-electron chi connectivity index (χ0n) is 8.68. The van der Waals surface area contributed by atoms with Crippen LogP contribution in [0.1, 0.15) is 20.3 Å². The van der Waals surface area contributed by atoms with Crippen molar-refractivity contribution in [2.45, 2.75) is 20.3 Å². The highest BCUT2D eigenvalue weighted by Crippen LogP contribution is 2.27. The fourth-order valence-electron chi connectivity index (χ4n) is 1.18. The Bertz CT molecular complexity index is 345. The molecular weight excluding hydrogens is 369 g/mol. The number of hydrogen-bond donors (Lipinski definition) is 1. The zero-order valence-corrected chi connectivity index (χ0v) is 12.4. The van der Waals surface area contributed by atoms with Crippen molar-refractivity contribution in [2.24, 2.45) is 5.92 Å². The Morgan fingerprint density at radius 3 is 2.73 bits per heavy atom. The predicted molar refractivity (Wildman–Crippen MR) is 74.9 cm³/mol. The molecule has 0 saturated heterocycles. The van der Waals surface area contributed by atoms with E-state index in [2.05, 4.69) is 43.8 Å². The van der Waals surface area contributed by atoms with Crippen molar-refractivity contribution in [3.8, 4) is 0 Å². The molecule has 2 nitrogen and oxygen atoms in total. The number of amides is 1. The van der Waals surface area contributed by atoms with Gasteiger partial charge in [0.1, 0.15) is 0 Å². The van der Waals surface area contributed by atoms with Crippen LogP contribution in [0.2, 0.25) is 0 Å². The standard InChI is InChI=1S/C11H13BrINO/c1-7(2)6-10(15)14-11-8(12)4-3-5-9(11)13/h3-5,7H,6H2,1-2H3,(H,14,15). The van der Waals surface area contributed by atoms with Gasteiger partial charge in [0.25, 0.3) is 0 Å². The third-order valence-electron chi connectivity index (χ3n) is 1.82. The number of nitrogens with one attached hydrogen (secondary N) is 1. The summed E-state index contributed by atoms with van der Waals surface area (Å²) >= 11 is 5.63. The Morgan fingerprint density at radius 2 is 2.20 bits per heavy atom. The van der Waals surface area contributed by atoms with Crippen LogP contribution >= 0.6 is 38.5 Å². The van der Waals surface area contributed by atoms with Gasteiger partial charge in [0.15, 0.2) is 0 Å². The predicted octanol–water partition coefficient (Wildman–Crippen LogP) is 4.04. The van der Waals surface area contributed by atoms with Crippen molar-refractivity contribution in [1.29, 1.82) is 0 Å². The SMILES string of the molecule is CC(C)CC(=O)Nc1c(Br)cccc1I. The Morgan fingerprint density at radius 1 is 1.53 bits per heavy atom. The number of hydrogen-bond acceptors (Lipinski definition) is 1. The fourth-order valence-corrected chi connectivity index (χ4v) is 2.65. The molecule has 1 aromatic carbocycles. The van der Waals surface area contributed by atoms with E-state index in [9.17, 15) is 4.79 Å². The maximum Gasteiger partial charge on any atom is 0.224 e. The van der Waals surface area contributed by atoms with Crippen molar-refractivity contribution in [2.75, 3.05) is 5.32 Å². The van der Waals surface area contributed by atoms with Gasteiger partial charge in [-0.05, 0) is 56.6 Å². The van der Waals surface area contributed by atoms with E-state index in [-0.39, 0.29) is 5.91 Å². The second-order valence-electron chi connectivity index (χ2n) is 3.74. The maximum absolute atomic E-state index is 11.6. The molecule has 0 atom stereocenters. The van der Waals surface area contributed by atoms with Crippen molar-refractivity contribution in [1.82, 2.24) is 0 Å². The van der Waals surface area contributed by atoms with Gasteiger partial charge in [-0.25, -0.2) is 0 Å². The Labute approximate surface area is 112 Å². The summed E-state index contributed by atoms with van der Waals surface area (Å²) in [7, 11) is 0. The van der Waals surface area contributed by atoms with Crippen molar-refractivity contribution in [3.05, 3.63) is 26.2 Å². The molecule has 0 aliphatic heterocycles. The van der Waals surface area contributed by atoms with Crippen LogP contribution in [0.15, 0.2) is 22.7 Å². The van der Waals surface area contributed by atoms with Gasteiger partial charge in [0, 0.05) is 14.5 Å². The summed E-state index contributed by atoms with van der Waals surface area (Å²) in [4.78, 5) is 11.6. The quantitative estimate of drug-likeness (QED) is 0.786. The third-order valence-corrected chi connectivity index (χ3v) is 3.38. The number of para-hydroxylation sites is 1. The van der Waals surface area contributed by atoms with Crippen LogP contribution in [0.5, 0.6) is 0 Å². The van der Waals surface area contributed by atoms with Crippen LogP contribution in [0.4, 0.5) is 5.69 Å². The smallest absolute Gasteiger partial charge is 0.224 e. The van der Waals surface area contributed by atoms with Crippen LogP contribution in [0, 0.1) is 9.49 Å². The lowest BCUT2D eigenvalue weighted by atomic mass is 10.1. The summed E-state index contributed by atoms with van der Waals surface area (Å²) in [5.41, 5.74) is 0.865. The first-order chi connectivity index (χ1) is 7.00. The van der Waals surface area contributed by atoms with Crippen LogP contribution in [-0.4, -0.2) is 5.91 Å². The molecule has 1 rings (SSSR count). The average molecular weight is 382 g/mol. The minimum Gasteiger partial charge on any atom is -0.324 e. The number of anilines is 1. The summed E-state index contributed by atoms with van der Waals surface area (Å²) in [5, 5.41) is 2.92. The monoisotopic (exact) mass is 381 g/mol. The molecule has 82 valence electrons. The number of rotatable bonds is 3. The summed E-state index contributed by atoms with van der Waals surface area (Å²) in [6.07, 6.45) is 0.553. The fraction of sp³-hybridized carbons (Fsp3) is 0.364. The summed E-state index contributed by atoms with van der Waals surface area (Å²) in [6.45, 7) is 4.06. The Hall–Kier alpha value is -0.100. The van der Waals surface area contributed by atoms with Crippen LogP contribution < -0.4 is 5.32 Å². The maximum atomic E-state index is 11.6. The van der Waals surface area contributed by atoms with E-state index in [1.165, 1.54) is 0 Å². The number of benzene rings is 1. The highest BCUT2D eigenvalue weighted by atomic mass is 127. The van der Waals surface area contributed by atoms with Gasteiger partial charge >= 0.3 is 0 Å². The van der Waals surface area contributed by atoms with E-state index < -0.39 is 0 Å². The summed E-state index contributed by atoms with van der Waals surface area (Å²) in [5.74, 6) is 0.444. The second-order valence-corrected chi connectivity index (χ2v) is 5.76. The first kappa shape index (κ1) is 13.0. The highest BCUT2D eigenvalue weighted by molar-refractivity contribution is 14.1. The van der Waals surface area contributed by atoms with Crippen LogP contribution in [0.3, 0.4) is 0 Å². The first-order valence-electron chi connectivity index (χ1n) is 4.74. The number of carbonyl (C=O) groups is 1. The van der Waals surface area contributed by atoms with E-state index in [1.807, 2.05) is 32.0 Å². The van der Waals surface area contributed by atoms with Gasteiger partial charge in [-0.2, -0.15) is 0 Å². The lowest BCUT2D eigenvalue weighted by Crippen LogP contribution is -2.14. The molecule has 0 radical (unpaired) electrons. The van der Waals surface area contributed by atoms with E-state index in [1.54, 1.807) is 0 Å². The molecule has 15 heavy (non-hydrogen) atoms. The largest absolute Gasteiger partial charge is 0.324 e. The highest BCUT2D eigenvalue weighted by Gasteiger charge is 2.09. The molecule has 0 aromatic heterocycles. The number of carbonyl (C=O) groups excluding carboxylic acids is 1. The summed E-state index contributed by atoms with van der Waals surface area (Å²) in [6, 6.07) is 5.84. The lowest BCUT2D eigenvalue weighted by Gasteiger charge is -2.10. The van der Waals surface area contributed by atoms with E-state index in [0.717, 1.165) is 13.7 Å². The number of halogens is 2. The van der Waals surface area contributed by atoms with E-state index in [4.69, 9.17) is 0 Å². The molecule has 0 unspecified atom stereocenters. The molecule has 1 N–H and O–H groups in total. The van der Waals surface area contributed by atoms with E-state index in [0.29, 0.717) is 12.3 Å². The molecule has 0 aliphatic carbocycles. The van der Waals surface area contributed by atoms with Crippen molar-refractivity contribution >= 4 is 50.1 Å². The molecule has 4 heteroatoms. The molecule has 0 spiro atoms. The van der Waals surface area contributed by atoms with Crippen molar-refractivity contribution < 1.29 is 4.79 Å². The average Bonchev–Trinajstić information content (AvgIpc) is 2.10. The molecule has 0 heterocycles. The van der Waals surface area contributed by atoms with Crippen molar-refractivity contribution in [3.63, 3.8) is 0 Å². The normalized spacial score (nSPS) is 10.5. The first-order valence-corrected chi connectivity index (χ1v) is 6.61. The minimum atomic E-state index is 0.0646. The molecular formula is C11H13BrINO. The summed E-state index contributed by atoms with van der Waals surface area (Å²) < 4.78 is 1.96. The molecule has 0 fully saturated rings. The van der Waals surface area contributed by atoms with Gasteiger partial charge in [0.2, 0.25) is 5.91 Å².